The molecule has 0 saturated carbocycles. The van der Waals surface area contributed by atoms with Crippen LogP contribution in [0.25, 0.3) is 0 Å². The Morgan fingerprint density at radius 3 is 2.36 bits per heavy atom. The van der Waals surface area contributed by atoms with E-state index in [1.807, 2.05) is 13.0 Å². The molecule has 1 radical (unpaired) electrons. The van der Waals surface area contributed by atoms with E-state index in [1.165, 1.54) is 12.5 Å². The third kappa shape index (κ3) is 9.15. The van der Waals surface area contributed by atoms with Crippen LogP contribution < -0.4 is 0 Å². The molecule has 0 N–H and O–H groups in total. The Hall–Kier alpha value is -0.850. The zero-order valence-corrected chi connectivity index (χ0v) is 7.05. The molecule has 0 aliphatic rings. The van der Waals surface area contributed by atoms with Gasteiger partial charge >= 0.3 is 0 Å². The maximum atomic E-state index is 9.72. The van der Waals surface area contributed by atoms with Crippen LogP contribution in [0.15, 0.2) is 24.3 Å². The molecule has 0 aromatic heterocycles. The van der Waals surface area contributed by atoms with Crippen LogP contribution in [0.3, 0.4) is 0 Å². The average molecular weight is 151 g/mol. The highest BCUT2D eigenvalue weighted by Crippen LogP contribution is 2.00. The smallest absolute Gasteiger partial charge is 0.225 e. The van der Waals surface area contributed by atoms with E-state index in [-0.39, 0.29) is 0 Å². The second kappa shape index (κ2) is 9.15. The highest BCUT2D eigenvalue weighted by Gasteiger charge is 1.81. The minimum absolute atomic E-state index is 0.993. The first-order valence-corrected chi connectivity index (χ1v) is 4.05. The Morgan fingerprint density at radius 2 is 1.82 bits per heavy atom. The molecular formula is C10H15O. The molecule has 0 spiro atoms. The Kier molecular flexibility index (Phi) is 8.44. The van der Waals surface area contributed by atoms with Gasteiger partial charge in [0.05, 0.1) is 0 Å². The lowest BCUT2D eigenvalue weighted by Crippen LogP contribution is -1.72. The molecule has 11 heavy (non-hydrogen) atoms. The lowest BCUT2D eigenvalue weighted by Gasteiger charge is -1.90. The van der Waals surface area contributed by atoms with Gasteiger partial charge in [-0.15, -0.1) is 0 Å². The van der Waals surface area contributed by atoms with Crippen LogP contribution in [0.5, 0.6) is 0 Å². The number of allylic oxidation sites excluding steroid dienone is 4. The zero-order chi connectivity index (χ0) is 8.36. The molecule has 1 nitrogen and oxygen atoms in total. The van der Waals surface area contributed by atoms with Crippen molar-refractivity contribution in [2.75, 3.05) is 0 Å². The van der Waals surface area contributed by atoms with Crippen LogP contribution in [0.4, 0.5) is 0 Å². The van der Waals surface area contributed by atoms with Gasteiger partial charge in [-0.25, -0.2) is 0 Å². The van der Waals surface area contributed by atoms with E-state index in [9.17, 15) is 4.79 Å². The Bertz CT molecular complexity index is 134. The van der Waals surface area contributed by atoms with Crippen molar-refractivity contribution in [3.63, 3.8) is 0 Å². The van der Waals surface area contributed by atoms with Gasteiger partial charge < -0.3 is 0 Å². The van der Waals surface area contributed by atoms with Gasteiger partial charge in [0, 0.05) is 0 Å². The molecule has 0 aromatic rings. The topological polar surface area (TPSA) is 17.1 Å². The Balaban J connectivity index is 3.02. The van der Waals surface area contributed by atoms with E-state index in [0.29, 0.717) is 0 Å². The third-order valence-electron chi connectivity index (χ3n) is 1.41. The molecule has 0 amide bonds. The van der Waals surface area contributed by atoms with Crippen LogP contribution in [-0.4, -0.2) is 6.29 Å². The molecule has 0 aliphatic carbocycles. The van der Waals surface area contributed by atoms with E-state index < -0.39 is 0 Å². The van der Waals surface area contributed by atoms with Crippen LogP contribution in [0.2, 0.25) is 0 Å². The minimum Gasteiger partial charge on any atom is -0.286 e. The molecule has 0 aromatic carbocycles. The lowest BCUT2D eigenvalue weighted by molar-refractivity contribution is 0.564. The first-order valence-electron chi connectivity index (χ1n) is 4.05. The van der Waals surface area contributed by atoms with E-state index >= 15 is 0 Å². The fraction of sp³-hybridized carbons (Fsp3) is 0.500. The van der Waals surface area contributed by atoms with Gasteiger partial charge in [-0.05, 0) is 38.7 Å². The predicted octanol–water partition coefficient (Wildman–Crippen LogP) is 2.79. The SMILES string of the molecule is C/C=C/CCCC/C=C/[C]=O. The van der Waals surface area contributed by atoms with Crippen molar-refractivity contribution in [1.82, 2.24) is 0 Å². The molecule has 0 saturated heterocycles. The molecule has 0 fully saturated rings. The highest BCUT2D eigenvalue weighted by molar-refractivity contribution is 5.65. The summed E-state index contributed by atoms with van der Waals surface area (Å²) in [4.78, 5) is 9.72. The predicted molar refractivity (Wildman–Crippen MR) is 48.1 cm³/mol. The van der Waals surface area contributed by atoms with Crippen molar-refractivity contribution in [3.05, 3.63) is 24.3 Å². The maximum absolute atomic E-state index is 9.72. The number of rotatable bonds is 6. The second-order valence-corrected chi connectivity index (χ2v) is 2.37. The van der Waals surface area contributed by atoms with Crippen LogP contribution in [0.1, 0.15) is 32.6 Å². The first kappa shape index (κ1) is 10.2. The van der Waals surface area contributed by atoms with Gasteiger partial charge in [-0.3, -0.25) is 4.79 Å². The van der Waals surface area contributed by atoms with E-state index in [1.54, 1.807) is 6.29 Å². The van der Waals surface area contributed by atoms with Gasteiger partial charge in [0.1, 0.15) is 0 Å². The van der Waals surface area contributed by atoms with Crippen molar-refractivity contribution in [1.29, 1.82) is 0 Å². The maximum Gasteiger partial charge on any atom is 0.225 e. The van der Waals surface area contributed by atoms with Crippen molar-refractivity contribution >= 4 is 6.29 Å². The summed E-state index contributed by atoms with van der Waals surface area (Å²) in [7, 11) is 0. The van der Waals surface area contributed by atoms with E-state index in [4.69, 9.17) is 0 Å². The van der Waals surface area contributed by atoms with Crippen molar-refractivity contribution in [3.8, 4) is 0 Å². The van der Waals surface area contributed by atoms with Gasteiger partial charge in [0.2, 0.25) is 6.29 Å². The van der Waals surface area contributed by atoms with E-state index in [2.05, 4.69) is 12.2 Å². The molecule has 0 unspecified atom stereocenters. The fourth-order valence-corrected chi connectivity index (χ4v) is 0.822. The first-order chi connectivity index (χ1) is 5.41. The van der Waals surface area contributed by atoms with Crippen molar-refractivity contribution in [2.24, 2.45) is 0 Å². The fourth-order valence-electron chi connectivity index (χ4n) is 0.822. The van der Waals surface area contributed by atoms with Gasteiger partial charge in [-0.2, -0.15) is 0 Å². The van der Waals surface area contributed by atoms with Crippen LogP contribution >= 0.6 is 0 Å². The zero-order valence-electron chi connectivity index (χ0n) is 7.05. The summed E-state index contributed by atoms with van der Waals surface area (Å²) in [6, 6.07) is 0. The standard InChI is InChI=1S/C10H15O/c1-2-3-4-5-6-7-8-9-10-11/h2-3,8-9H,4-7H2,1H3/b3-2+,9-8+. The van der Waals surface area contributed by atoms with Gasteiger partial charge in [-0.1, -0.05) is 18.2 Å². The van der Waals surface area contributed by atoms with Crippen molar-refractivity contribution in [2.45, 2.75) is 32.6 Å². The summed E-state index contributed by atoms with van der Waals surface area (Å²) in [6.45, 7) is 2.03. The Labute approximate surface area is 68.8 Å². The normalized spacial score (nSPS) is 11.4. The second-order valence-electron chi connectivity index (χ2n) is 2.37. The van der Waals surface area contributed by atoms with Gasteiger partial charge in [0.25, 0.3) is 0 Å². The van der Waals surface area contributed by atoms with Crippen LogP contribution in [-0.2, 0) is 4.79 Å². The third-order valence-corrected chi connectivity index (χ3v) is 1.41. The number of carbonyl (C=O) groups excluding carboxylic acids is 1. The molecule has 61 valence electrons. The summed E-state index contributed by atoms with van der Waals surface area (Å²) >= 11 is 0. The van der Waals surface area contributed by atoms with Crippen molar-refractivity contribution < 1.29 is 4.79 Å². The van der Waals surface area contributed by atoms with Gasteiger partial charge in [0.15, 0.2) is 0 Å². The summed E-state index contributed by atoms with van der Waals surface area (Å²) in [6.07, 6.45) is 13.8. The molecule has 1 heteroatoms. The summed E-state index contributed by atoms with van der Waals surface area (Å²) in [5, 5.41) is 0. The highest BCUT2D eigenvalue weighted by atomic mass is 16.1. The molecule has 0 aliphatic heterocycles. The molecular weight excluding hydrogens is 136 g/mol. The lowest BCUT2D eigenvalue weighted by atomic mass is 10.2. The molecule has 0 heterocycles. The number of hydrogen-bond donors (Lipinski definition) is 0. The summed E-state index contributed by atoms with van der Waals surface area (Å²) in [5.74, 6) is 0. The average Bonchev–Trinajstić information content (AvgIpc) is 2.03. The monoisotopic (exact) mass is 151 g/mol. The largest absolute Gasteiger partial charge is 0.286 e. The summed E-state index contributed by atoms with van der Waals surface area (Å²) in [5.41, 5.74) is 0. The quantitative estimate of drug-likeness (QED) is 0.324. The molecule has 0 rings (SSSR count). The molecule has 0 bridgehead atoms. The van der Waals surface area contributed by atoms with Crippen LogP contribution in [0, 0.1) is 0 Å². The Morgan fingerprint density at radius 1 is 1.18 bits per heavy atom. The summed E-state index contributed by atoms with van der Waals surface area (Å²) < 4.78 is 0. The number of unbranched alkanes of at least 4 members (excludes halogenated alkanes) is 3. The minimum atomic E-state index is 0.993. The number of hydrogen-bond acceptors (Lipinski definition) is 1. The molecule has 0 atom stereocenters. The van der Waals surface area contributed by atoms with E-state index in [0.717, 1.165) is 19.3 Å².